The van der Waals surface area contributed by atoms with Gasteiger partial charge in [-0.3, -0.25) is 4.55 Å². The molecule has 1 saturated carbocycles. The molecule has 6 heteroatoms. The van der Waals surface area contributed by atoms with Crippen LogP contribution in [-0.4, -0.2) is 18.2 Å². The molecule has 18 heavy (non-hydrogen) atoms. The molecule has 2 bridgehead atoms. The Balaban J connectivity index is 2.43. The van der Waals surface area contributed by atoms with E-state index in [4.69, 9.17) is 4.55 Å². The minimum atomic E-state index is -5.46. The number of hydrogen-bond donors (Lipinski definition) is 1. The molecule has 0 aromatic heterocycles. The standard InChI is InChI=1S/C12H16F2O3S/c1-3-11(2,12(13,14)18(15,16)17)10-7-8-4-5-9(10)6-8/h3-5,8-10H,1,6-7H2,2H3,(H,15,16,17). The fourth-order valence-corrected chi connectivity index (χ4v) is 4.02. The third kappa shape index (κ3) is 1.66. The van der Waals surface area contributed by atoms with Crippen molar-refractivity contribution in [2.45, 2.75) is 25.0 Å². The van der Waals surface area contributed by atoms with Crippen molar-refractivity contribution in [3.05, 3.63) is 24.8 Å². The fourth-order valence-electron chi connectivity index (χ4n) is 3.23. The van der Waals surface area contributed by atoms with Crippen LogP contribution in [0.4, 0.5) is 8.78 Å². The smallest absolute Gasteiger partial charge is 0.281 e. The van der Waals surface area contributed by atoms with E-state index in [9.17, 15) is 17.2 Å². The maximum Gasteiger partial charge on any atom is 0.378 e. The molecule has 1 fully saturated rings. The van der Waals surface area contributed by atoms with Crippen LogP contribution in [0, 0.1) is 23.2 Å². The van der Waals surface area contributed by atoms with Crippen molar-refractivity contribution < 1.29 is 21.8 Å². The molecule has 0 radical (unpaired) electrons. The zero-order valence-corrected chi connectivity index (χ0v) is 10.8. The first-order valence-corrected chi connectivity index (χ1v) is 7.24. The highest BCUT2D eigenvalue weighted by atomic mass is 32.2. The first kappa shape index (κ1) is 13.7. The van der Waals surface area contributed by atoms with Gasteiger partial charge in [-0.2, -0.15) is 17.2 Å². The molecule has 1 N–H and O–H groups in total. The quantitative estimate of drug-likeness (QED) is 0.635. The molecule has 2 aliphatic carbocycles. The normalized spacial score (nSPS) is 34.6. The molecule has 3 nitrogen and oxygen atoms in total. The van der Waals surface area contributed by atoms with Gasteiger partial charge >= 0.3 is 15.4 Å². The predicted octanol–water partition coefficient (Wildman–Crippen LogP) is 2.87. The molecule has 0 amide bonds. The summed E-state index contributed by atoms with van der Waals surface area (Å²) in [6.07, 6.45) is 6.10. The van der Waals surface area contributed by atoms with E-state index in [0.29, 0.717) is 6.42 Å². The van der Waals surface area contributed by atoms with E-state index in [2.05, 4.69) is 6.58 Å². The Bertz CT molecular complexity index is 497. The first-order chi connectivity index (χ1) is 8.13. The summed E-state index contributed by atoms with van der Waals surface area (Å²) in [6.45, 7) is 4.52. The Morgan fingerprint density at radius 3 is 2.33 bits per heavy atom. The van der Waals surface area contributed by atoms with Crippen LogP contribution in [0.1, 0.15) is 19.8 Å². The van der Waals surface area contributed by atoms with Crippen molar-refractivity contribution in [3.63, 3.8) is 0 Å². The molecule has 0 saturated heterocycles. The van der Waals surface area contributed by atoms with Crippen molar-refractivity contribution in [2.24, 2.45) is 23.2 Å². The Labute approximate surface area is 105 Å². The number of allylic oxidation sites excluding steroid dienone is 3. The average Bonchev–Trinajstić information content (AvgIpc) is 2.87. The highest BCUT2D eigenvalue weighted by Crippen LogP contribution is 2.57. The summed E-state index contributed by atoms with van der Waals surface area (Å²) >= 11 is 0. The molecule has 2 aliphatic rings. The van der Waals surface area contributed by atoms with Gasteiger partial charge in [0.1, 0.15) is 0 Å². The maximum absolute atomic E-state index is 14.0. The van der Waals surface area contributed by atoms with Crippen LogP contribution in [-0.2, 0) is 10.1 Å². The molecule has 0 aromatic carbocycles. The second-order valence-corrected chi connectivity index (χ2v) is 6.83. The van der Waals surface area contributed by atoms with Gasteiger partial charge in [-0.05, 0) is 37.5 Å². The molecular formula is C12H16F2O3S. The lowest BCUT2D eigenvalue weighted by atomic mass is 9.70. The SMILES string of the molecule is C=CC(C)(C1CC2C=CC1C2)C(F)(F)S(=O)(=O)O. The van der Waals surface area contributed by atoms with Crippen LogP contribution in [0.3, 0.4) is 0 Å². The van der Waals surface area contributed by atoms with Crippen LogP contribution in [0.15, 0.2) is 24.8 Å². The summed E-state index contributed by atoms with van der Waals surface area (Å²) in [5.41, 5.74) is -1.95. The Hall–Kier alpha value is -0.750. The molecule has 4 atom stereocenters. The first-order valence-electron chi connectivity index (χ1n) is 5.80. The predicted molar refractivity (Wildman–Crippen MR) is 63.6 cm³/mol. The Morgan fingerprint density at radius 2 is 2.00 bits per heavy atom. The largest absolute Gasteiger partial charge is 0.378 e. The topological polar surface area (TPSA) is 54.4 Å². The van der Waals surface area contributed by atoms with E-state index in [0.717, 1.165) is 19.4 Å². The molecule has 0 spiro atoms. The number of hydrogen-bond acceptors (Lipinski definition) is 2. The zero-order valence-electron chi connectivity index (χ0n) is 10.0. The average molecular weight is 278 g/mol. The second-order valence-electron chi connectivity index (χ2n) is 5.37. The number of alkyl halides is 2. The summed E-state index contributed by atoms with van der Waals surface area (Å²) in [5, 5.41) is -4.22. The zero-order chi connectivity index (χ0) is 13.8. The van der Waals surface area contributed by atoms with Gasteiger partial charge in [0.25, 0.3) is 0 Å². The molecule has 0 aromatic rings. The van der Waals surface area contributed by atoms with Crippen molar-refractivity contribution in [1.29, 1.82) is 0 Å². The van der Waals surface area contributed by atoms with Gasteiger partial charge < -0.3 is 0 Å². The van der Waals surface area contributed by atoms with Gasteiger partial charge in [-0.15, -0.1) is 6.58 Å². The fraction of sp³-hybridized carbons (Fsp3) is 0.667. The van der Waals surface area contributed by atoms with Gasteiger partial charge in [-0.25, -0.2) is 0 Å². The van der Waals surface area contributed by atoms with Crippen LogP contribution in [0.5, 0.6) is 0 Å². The molecule has 4 unspecified atom stereocenters. The summed E-state index contributed by atoms with van der Waals surface area (Å²) in [5.74, 6) is -0.343. The van der Waals surface area contributed by atoms with E-state index in [1.54, 1.807) is 0 Å². The molecule has 0 aliphatic heterocycles. The minimum Gasteiger partial charge on any atom is -0.281 e. The number of rotatable bonds is 4. The van der Waals surface area contributed by atoms with Crippen molar-refractivity contribution in [1.82, 2.24) is 0 Å². The molecule has 0 heterocycles. The van der Waals surface area contributed by atoms with Crippen molar-refractivity contribution in [2.75, 3.05) is 0 Å². The Morgan fingerprint density at radius 1 is 1.39 bits per heavy atom. The lowest BCUT2D eigenvalue weighted by Gasteiger charge is -2.40. The van der Waals surface area contributed by atoms with Crippen LogP contribution in [0.2, 0.25) is 0 Å². The van der Waals surface area contributed by atoms with Gasteiger partial charge in [0.2, 0.25) is 0 Å². The van der Waals surface area contributed by atoms with Crippen molar-refractivity contribution in [3.8, 4) is 0 Å². The summed E-state index contributed by atoms with van der Waals surface area (Å²) in [6, 6.07) is 0. The number of halogens is 2. The van der Waals surface area contributed by atoms with Gasteiger partial charge in [0, 0.05) is 0 Å². The third-order valence-electron chi connectivity index (χ3n) is 4.42. The summed E-state index contributed by atoms with van der Waals surface area (Å²) in [4.78, 5) is 0. The molecule has 102 valence electrons. The van der Waals surface area contributed by atoms with E-state index in [1.807, 2.05) is 12.2 Å². The lowest BCUT2D eigenvalue weighted by molar-refractivity contribution is -0.0550. The summed E-state index contributed by atoms with van der Waals surface area (Å²) in [7, 11) is -5.46. The highest BCUT2D eigenvalue weighted by molar-refractivity contribution is 7.86. The van der Waals surface area contributed by atoms with Gasteiger partial charge in [0.15, 0.2) is 0 Å². The third-order valence-corrected chi connectivity index (χ3v) is 5.51. The minimum absolute atomic E-state index is 0.0642. The van der Waals surface area contributed by atoms with E-state index >= 15 is 0 Å². The molecular weight excluding hydrogens is 262 g/mol. The Kier molecular flexibility index (Phi) is 2.94. The van der Waals surface area contributed by atoms with Crippen LogP contribution < -0.4 is 0 Å². The van der Waals surface area contributed by atoms with Crippen molar-refractivity contribution >= 4 is 10.1 Å². The monoisotopic (exact) mass is 278 g/mol. The van der Waals surface area contributed by atoms with Gasteiger partial charge in [-0.1, -0.05) is 18.2 Å². The lowest BCUT2D eigenvalue weighted by Crippen LogP contribution is -2.49. The van der Waals surface area contributed by atoms with Crippen LogP contribution >= 0.6 is 0 Å². The van der Waals surface area contributed by atoms with E-state index in [1.165, 1.54) is 0 Å². The second kappa shape index (κ2) is 3.87. The van der Waals surface area contributed by atoms with Crippen LogP contribution in [0.25, 0.3) is 0 Å². The number of fused-ring (bicyclic) bond motifs is 2. The van der Waals surface area contributed by atoms with E-state index < -0.39 is 26.7 Å². The van der Waals surface area contributed by atoms with E-state index in [-0.39, 0.29) is 11.8 Å². The highest BCUT2D eigenvalue weighted by Gasteiger charge is 2.64. The summed E-state index contributed by atoms with van der Waals surface area (Å²) < 4.78 is 58.8. The molecule has 2 rings (SSSR count). The van der Waals surface area contributed by atoms with Gasteiger partial charge in [0.05, 0.1) is 5.41 Å². The maximum atomic E-state index is 14.0.